The van der Waals surface area contributed by atoms with Gasteiger partial charge in [-0.1, -0.05) is 30.3 Å². The summed E-state index contributed by atoms with van der Waals surface area (Å²) in [5.74, 6) is -0.142. The maximum absolute atomic E-state index is 11.2. The van der Waals surface area contributed by atoms with E-state index >= 15 is 0 Å². The first-order chi connectivity index (χ1) is 7.31. The third kappa shape index (κ3) is 2.18. The maximum atomic E-state index is 11.2. The van der Waals surface area contributed by atoms with Gasteiger partial charge in [0, 0.05) is 13.5 Å². The van der Waals surface area contributed by atoms with Crippen LogP contribution in [0, 0.1) is 0 Å². The van der Waals surface area contributed by atoms with Crippen LogP contribution in [0.4, 0.5) is 0 Å². The average Bonchev–Trinajstić information content (AvgIpc) is 2.30. The lowest BCUT2D eigenvalue weighted by atomic mass is 9.98. The minimum absolute atomic E-state index is 0.0231. The summed E-state index contributed by atoms with van der Waals surface area (Å²) in [7, 11) is 1.65. The Balaban J connectivity index is 2.21. The highest BCUT2D eigenvalue weighted by molar-refractivity contribution is 5.70. The molecule has 3 heteroatoms. The van der Waals surface area contributed by atoms with Gasteiger partial charge < -0.3 is 9.47 Å². The first-order valence-corrected chi connectivity index (χ1v) is 5.08. The fraction of sp³-hybridized carbons (Fsp3) is 0.417. The van der Waals surface area contributed by atoms with Gasteiger partial charge >= 0.3 is 5.97 Å². The van der Waals surface area contributed by atoms with Crippen molar-refractivity contribution in [1.82, 2.24) is 0 Å². The number of ether oxygens (including phenoxy) is 2. The van der Waals surface area contributed by atoms with E-state index in [2.05, 4.69) is 0 Å². The Hall–Kier alpha value is -1.35. The van der Waals surface area contributed by atoms with E-state index in [-0.39, 0.29) is 18.2 Å². The molecule has 1 aromatic rings. The van der Waals surface area contributed by atoms with Crippen molar-refractivity contribution in [1.29, 1.82) is 0 Å². The van der Waals surface area contributed by atoms with Crippen LogP contribution in [-0.2, 0) is 14.3 Å². The molecule has 0 aliphatic carbocycles. The molecule has 2 rings (SSSR count). The van der Waals surface area contributed by atoms with E-state index in [1.807, 2.05) is 30.3 Å². The number of methoxy groups -OCH3 is 1. The Labute approximate surface area is 89.0 Å². The Kier molecular flexibility index (Phi) is 3.02. The zero-order chi connectivity index (χ0) is 10.7. The molecule has 0 amide bonds. The number of carbonyl (C=O) groups is 1. The molecule has 0 radical (unpaired) electrons. The van der Waals surface area contributed by atoms with Crippen LogP contribution < -0.4 is 0 Å². The molecule has 1 fully saturated rings. The highest BCUT2D eigenvalue weighted by Crippen LogP contribution is 2.30. The number of carbonyl (C=O) groups excluding carboxylic acids is 1. The molecule has 1 aromatic carbocycles. The van der Waals surface area contributed by atoms with Crippen molar-refractivity contribution in [2.75, 3.05) is 7.11 Å². The first-order valence-electron chi connectivity index (χ1n) is 5.08. The van der Waals surface area contributed by atoms with Gasteiger partial charge in [0.2, 0.25) is 0 Å². The number of hydrogen-bond donors (Lipinski definition) is 0. The van der Waals surface area contributed by atoms with Crippen molar-refractivity contribution in [3.63, 3.8) is 0 Å². The van der Waals surface area contributed by atoms with Crippen molar-refractivity contribution in [2.45, 2.75) is 25.0 Å². The highest BCUT2D eigenvalue weighted by Gasteiger charge is 2.31. The van der Waals surface area contributed by atoms with E-state index in [0.717, 1.165) is 12.0 Å². The van der Waals surface area contributed by atoms with Gasteiger partial charge in [-0.3, -0.25) is 4.79 Å². The van der Waals surface area contributed by atoms with Gasteiger partial charge in [0.25, 0.3) is 0 Å². The van der Waals surface area contributed by atoms with Gasteiger partial charge in [-0.05, 0) is 12.0 Å². The van der Waals surface area contributed by atoms with E-state index in [1.165, 1.54) is 0 Å². The predicted octanol–water partition coefficient (Wildman–Crippen LogP) is 2.08. The largest absolute Gasteiger partial charge is 0.455 e. The molecule has 80 valence electrons. The van der Waals surface area contributed by atoms with Gasteiger partial charge in [-0.2, -0.15) is 0 Å². The quantitative estimate of drug-likeness (QED) is 0.695. The second-order valence-corrected chi connectivity index (χ2v) is 3.63. The van der Waals surface area contributed by atoms with Gasteiger partial charge in [0.15, 0.2) is 6.10 Å². The van der Waals surface area contributed by atoms with Crippen LogP contribution in [0.2, 0.25) is 0 Å². The van der Waals surface area contributed by atoms with Gasteiger partial charge in [0.05, 0.1) is 6.10 Å². The van der Waals surface area contributed by atoms with Crippen LogP contribution in [0.25, 0.3) is 0 Å². The van der Waals surface area contributed by atoms with Gasteiger partial charge in [0.1, 0.15) is 0 Å². The van der Waals surface area contributed by atoms with E-state index < -0.39 is 0 Å². The SMILES string of the molecule is COC1CCC(=O)O[C@H]1c1ccccc1. The lowest BCUT2D eigenvalue weighted by Gasteiger charge is -2.30. The van der Waals surface area contributed by atoms with E-state index in [9.17, 15) is 4.79 Å². The monoisotopic (exact) mass is 206 g/mol. The van der Waals surface area contributed by atoms with Crippen molar-refractivity contribution in [2.24, 2.45) is 0 Å². The Bertz CT molecular complexity index is 334. The second kappa shape index (κ2) is 4.45. The molecule has 1 saturated heterocycles. The topological polar surface area (TPSA) is 35.5 Å². The standard InChI is InChI=1S/C12H14O3/c1-14-10-7-8-11(13)15-12(10)9-5-3-2-4-6-9/h2-6,10,12H,7-8H2,1H3/t10?,12-/m0/s1. The van der Waals surface area contributed by atoms with Crippen molar-refractivity contribution in [3.05, 3.63) is 35.9 Å². The summed E-state index contributed by atoms with van der Waals surface area (Å²) >= 11 is 0. The fourth-order valence-corrected chi connectivity index (χ4v) is 1.85. The molecule has 0 saturated carbocycles. The van der Waals surface area contributed by atoms with Crippen LogP contribution >= 0.6 is 0 Å². The minimum Gasteiger partial charge on any atom is -0.455 e. The Morgan fingerprint density at radius 1 is 1.33 bits per heavy atom. The Morgan fingerprint density at radius 3 is 2.73 bits per heavy atom. The molecule has 2 atom stereocenters. The van der Waals surface area contributed by atoms with Crippen molar-refractivity contribution < 1.29 is 14.3 Å². The summed E-state index contributed by atoms with van der Waals surface area (Å²) < 4.78 is 10.6. The summed E-state index contributed by atoms with van der Waals surface area (Å²) in [6.45, 7) is 0. The third-order valence-corrected chi connectivity index (χ3v) is 2.66. The zero-order valence-corrected chi connectivity index (χ0v) is 8.68. The summed E-state index contributed by atoms with van der Waals surface area (Å²) in [4.78, 5) is 11.2. The third-order valence-electron chi connectivity index (χ3n) is 2.66. The second-order valence-electron chi connectivity index (χ2n) is 3.63. The molecule has 3 nitrogen and oxygen atoms in total. The van der Waals surface area contributed by atoms with Crippen molar-refractivity contribution in [3.8, 4) is 0 Å². The number of cyclic esters (lactones) is 1. The van der Waals surface area contributed by atoms with Crippen LogP contribution in [-0.4, -0.2) is 19.2 Å². The summed E-state index contributed by atoms with van der Waals surface area (Å²) in [5, 5.41) is 0. The summed E-state index contributed by atoms with van der Waals surface area (Å²) in [5.41, 5.74) is 0.998. The van der Waals surface area contributed by atoms with Gasteiger partial charge in [-0.15, -0.1) is 0 Å². The van der Waals surface area contributed by atoms with E-state index in [1.54, 1.807) is 7.11 Å². The molecule has 1 heterocycles. The van der Waals surface area contributed by atoms with E-state index in [0.29, 0.717) is 6.42 Å². The number of esters is 1. The number of rotatable bonds is 2. The Morgan fingerprint density at radius 2 is 2.07 bits per heavy atom. The molecule has 0 bridgehead atoms. The highest BCUT2D eigenvalue weighted by atomic mass is 16.6. The molecule has 1 aliphatic rings. The molecule has 0 spiro atoms. The molecular formula is C12H14O3. The zero-order valence-electron chi connectivity index (χ0n) is 8.68. The summed E-state index contributed by atoms with van der Waals surface area (Å²) in [6, 6.07) is 9.72. The normalized spacial score (nSPS) is 26.1. The lowest BCUT2D eigenvalue weighted by Crippen LogP contribution is -2.31. The van der Waals surface area contributed by atoms with Crippen LogP contribution in [0.3, 0.4) is 0 Å². The maximum Gasteiger partial charge on any atom is 0.306 e. The number of hydrogen-bond acceptors (Lipinski definition) is 3. The molecular weight excluding hydrogens is 192 g/mol. The first kappa shape index (κ1) is 10.2. The van der Waals surface area contributed by atoms with Crippen LogP contribution in [0.5, 0.6) is 0 Å². The molecule has 1 aliphatic heterocycles. The molecule has 15 heavy (non-hydrogen) atoms. The van der Waals surface area contributed by atoms with Crippen molar-refractivity contribution >= 4 is 5.97 Å². The fourth-order valence-electron chi connectivity index (χ4n) is 1.85. The molecule has 0 aromatic heterocycles. The number of benzene rings is 1. The van der Waals surface area contributed by atoms with E-state index in [4.69, 9.17) is 9.47 Å². The smallest absolute Gasteiger partial charge is 0.306 e. The molecule has 1 unspecified atom stereocenters. The van der Waals surface area contributed by atoms with Crippen LogP contribution in [0.15, 0.2) is 30.3 Å². The van der Waals surface area contributed by atoms with Crippen LogP contribution in [0.1, 0.15) is 24.5 Å². The lowest BCUT2D eigenvalue weighted by molar-refractivity contribution is -0.166. The molecule has 0 N–H and O–H groups in total. The average molecular weight is 206 g/mol. The summed E-state index contributed by atoms with van der Waals surface area (Å²) in [6.07, 6.45) is 0.902. The predicted molar refractivity (Wildman–Crippen MR) is 55.3 cm³/mol. The minimum atomic E-state index is -0.252. The van der Waals surface area contributed by atoms with Gasteiger partial charge in [-0.25, -0.2) is 0 Å².